The Morgan fingerprint density at radius 2 is 1.79 bits per heavy atom. The van der Waals surface area contributed by atoms with Crippen molar-refractivity contribution in [1.82, 2.24) is 10.2 Å². The summed E-state index contributed by atoms with van der Waals surface area (Å²) in [6.07, 6.45) is 9.43. The highest BCUT2D eigenvalue weighted by atomic mass is 16.5. The summed E-state index contributed by atoms with van der Waals surface area (Å²) in [5.74, 6) is 3.64. The lowest BCUT2D eigenvalue weighted by molar-refractivity contribution is 0.324. The van der Waals surface area contributed by atoms with Crippen LogP contribution in [0.2, 0.25) is 0 Å². The molecule has 1 unspecified atom stereocenters. The number of benzene rings is 1. The molecule has 156 valence electrons. The molecule has 29 heavy (non-hydrogen) atoms. The molecular formula is C23H31N3O3. The van der Waals surface area contributed by atoms with E-state index < -0.39 is 0 Å². The molecule has 6 heteroatoms. The highest BCUT2D eigenvalue weighted by Crippen LogP contribution is 2.42. The Hall–Kier alpha value is -2.89. The lowest BCUT2D eigenvalue weighted by Crippen LogP contribution is -2.34. The van der Waals surface area contributed by atoms with E-state index in [9.17, 15) is 0 Å². The molecule has 1 aromatic carbocycles. The fourth-order valence-corrected chi connectivity index (χ4v) is 3.44. The first-order valence-electron chi connectivity index (χ1n) is 9.98. The molecule has 1 atom stereocenters. The van der Waals surface area contributed by atoms with Crippen LogP contribution in [0.5, 0.6) is 17.2 Å². The number of rotatable bonds is 6. The quantitative estimate of drug-likeness (QED) is 0.771. The van der Waals surface area contributed by atoms with Crippen molar-refractivity contribution >= 4 is 11.5 Å². The lowest BCUT2D eigenvalue weighted by Gasteiger charge is -2.30. The molecule has 0 amide bonds. The Kier molecular flexibility index (Phi) is 6.52. The maximum atomic E-state index is 5.57. The van der Waals surface area contributed by atoms with Crippen LogP contribution in [0.4, 0.5) is 0 Å². The predicted octanol–water partition coefficient (Wildman–Crippen LogP) is 4.41. The van der Waals surface area contributed by atoms with Gasteiger partial charge >= 0.3 is 0 Å². The first kappa shape index (κ1) is 20.8. The van der Waals surface area contributed by atoms with Crippen molar-refractivity contribution in [1.29, 1.82) is 0 Å². The van der Waals surface area contributed by atoms with E-state index in [0.717, 1.165) is 35.8 Å². The van der Waals surface area contributed by atoms with Gasteiger partial charge in [-0.05, 0) is 30.4 Å². The van der Waals surface area contributed by atoms with E-state index >= 15 is 0 Å². The molecule has 0 spiro atoms. The summed E-state index contributed by atoms with van der Waals surface area (Å²) in [5.41, 5.74) is 3.13. The van der Waals surface area contributed by atoms with Crippen LogP contribution >= 0.6 is 0 Å². The predicted molar refractivity (Wildman–Crippen MR) is 117 cm³/mol. The molecule has 0 saturated heterocycles. The van der Waals surface area contributed by atoms with Crippen LogP contribution in [0.3, 0.4) is 0 Å². The number of methoxy groups -OCH3 is 3. The average Bonchev–Trinajstić information content (AvgIpc) is 2.90. The normalized spacial score (nSPS) is 19.9. The fraction of sp³-hybridized carbons (Fsp3) is 0.435. The van der Waals surface area contributed by atoms with E-state index in [-0.39, 0.29) is 0 Å². The lowest BCUT2D eigenvalue weighted by atomic mass is 10.0. The van der Waals surface area contributed by atoms with Crippen LogP contribution in [0, 0.1) is 11.8 Å². The van der Waals surface area contributed by atoms with Gasteiger partial charge in [0.2, 0.25) is 5.75 Å². The van der Waals surface area contributed by atoms with E-state index in [2.05, 4.69) is 43.1 Å². The summed E-state index contributed by atoms with van der Waals surface area (Å²) in [6.45, 7) is 7.34. The van der Waals surface area contributed by atoms with Crippen molar-refractivity contribution < 1.29 is 14.2 Å². The van der Waals surface area contributed by atoms with Crippen molar-refractivity contribution in [2.75, 3.05) is 27.9 Å². The Morgan fingerprint density at radius 3 is 2.38 bits per heavy atom. The molecule has 2 aliphatic heterocycles. The first-order valence-corrected chi connectivity index (χ1v) is 9.98. The van der Waals surface area contributed by atoms with Crippen molar-refractivity contribution in [3.63, 3.8) is 0 Å². The van der Waals surface area contributed by atoms with Gasteiger partial charge in [0.25, 0.3) is 0 Å². The number of nitrogens with one attached hydrogen (secondary N) is 1. The smallest absolute Gasteiger partial charge is 0.203 e. The summed E-state index contributed by atoms with van der Waals surface area (Å²) in [4.78, 5) is 6.98. The van der Waals surface area contributed by atoms with Crippen LogP contribution in [0.15, 0.2) is 47.4 Å². The summed E-state index contributed by atoms with van der Waals surface area (Å²) in [7, 11) is 4.89. The van der Waals surface area contributed by atoms with Gasteiger partial charge in [0, 0.05) is 30.2 Å². The van der Waals surface area contributed by atoms with Gasteiger partial charge in [-0.15, -0.1) is 0 Å². The third kappa shape index (κ3) is 4.42. The van der Waals surface area contributed by atoms with Gasteiger partial charge < -0.3 is 24.4 Å². The maximum absolute atomic E-state index is 5.57. The Labute approximate surface area is 173 Å². The summed E-state index contributed by atoms with van der Waals surface area (Å²) < 4.78 is 16.6. The van der Waals surface area contributed by atoms with Crippen molar-refractivity contribution in [3.05, 3.63) is 47.9 Å². The molecule has 0 bridgehead atoms. The second-order valence-corrected chi connectivity index (χ2v) is 7.68. The standard InChI is InChI=1S/C23H31N3O3/c1-15(2)14-25-23-18-8-7-16(3)11-19(26(18)10-9-24-23)17-12-20(27-4)22(29-6)21(13-17)28-5/h8-13,15-16H,7,14H2,1-6H3,(H,24,25). The first-order chi connectivity index (χ1) is 14.0. The highest BCUT2D eigenvalue weighted by Gasteiger charge is 2.26. The number of fused-ring (bicyclic) bond motifs is 1. The van der Waals surface area contributed by atoms with Crippen LogP contribution in [0.1, 0.15) is 32.8 Å². The third-order valence-corrected chi connectivity index (χ3v) is 4.91. The summed E-state index contributed by atoms with van der Waals surface area (Å²) >= 11 is 0. The van der Waals surface area contributed by atoms with E-state index in [1.807, 2.05) is 24.5 Å². The van der Waals surface area contributed by atoms with Gasteiger partial charge in [0.15, 0.2) is 11.5 Å². The zero-order valence-electron chi connectivity index (χ0n) is 18.2. The molecule has 0 radical (unpaired) electrons. The SMILES string of the molecule is COc1cc(C2=CC(C)CC=C3C(=NCC(C)C)NC=CN32)cc(OC)c1OC. The summed E-state index contributed by atoms with van der Waals surface area (Å²) in [6, 6.07) is 3.98. The van der Waals surface area contributed by atoms with Crippen molar-refractivity contribution in [3.8, 4) is 17.2 Å². The number of amidine groups is 1. The van der Waals surface area contributed by atoms with Crippen LogP contribution in [-0.4, -0.2) is 38.6 Å². The zero-order valence-corrected chi connectivity index (χ0v) is 18.2. The zero-order chi connectivity index (χ0) is 21.0. The minimum absolute atomic E-state index is 0.377. The molecule has 0 aliphatic carbocycles. The third-order valence-electron chi connectivity index (χ3n) is 4.91. The van der Waals surface area contributed by atoms with Crippen LogP contribution in [0.25, 0.3) is 5.70 Å². The van der Waals surface area contributed by atoms with Crippen molar-refractivity contribution in [2.45, 2.75) is 27.2 Å². The maximum Gasteiger partial charge on any atom is 0.203 e. The molecular weight excluding hydrogens is 366 g/mol. The number of ether oxygens (including phenoxy) is 3. The summed E-state index contributed by atoms with van der Waals surface area (Å²) in [5, 5.41) is 3.31. The minimum atomic E-state index is 0.377. The van der Waals surface area contributed by atoms with Gasteiger partial charge in [-0.3, -0.25) is 4.99 Å². The molecule has 1 N–H and O–H groups in total. The molecule has 1 aromatic rings. The topological polar surface area (TPSA) is 55.3 Å². The largest absolute Gasteiger partial charge is 0.493 e. The Bertz CT molecular complexity index is 843. The number of nitrogens with zero attached hydrogens (tertiary/aromatic N) is 2. The van der Waals surface area contributed by atoms with Gasteiger partial charge in [-0.2, -0.15) is 0 Å². The number of aliphatic imine (C=N–C) groups is 1. The molecule has 0 aromatic heterocycles. The van der Waals surface area contributed by atoms with Gasteiger partial charge in [-0.1, -0.05) is 32.9 Å². The average molecular weight is 398 g/mol. The fourth-order valence-electron chi connectivity index (χ4n) is 3.44. The second-order valence-electron chi connectivity index (χ2n) is 7.68. The Morgan fingerprint density at radius 1 is 1.10 bits per heavy atom. The molecule has 6 nitrogen and oxygen atoms in total. The van der Waals surface area contributed by atoms with Gasteiger partial charge in [0.1, 0.15) is 5.84 Å². The van der Waals surface area contributed by atoms with Crippen LogP contribution in [-0.2, 0) is 0 Å². The number of hydrogen-bond donors (Lipinski definition) is 1. The number of allylic oxidation sites excluding steroid dienone is 2. The highest BCUT2D eigenvalue weighted by molar-refractivity contribution is 6.01. The minimum Gasteiger partial charge on any atom is -0.493 e. The molecule has 2 aliphatic rings. The van der Waals surface area contributed by atoms with E-state index in [4.69, 9.17) is 19.2 Å². The second kappa shape index (κ2) is 9.07. The van der Waals surface area contributed by atoms with E-state index in [0.29, 0.717) is 29.1 Å². The van der Waals surface area contributed by atoms with Crippen molar-refractivity contribution in [2.24, 2.45) is 16.8 Å². The Balaban J connectivity index is 2.10. The molecule has 3 rings (SSSR count). The molecule has 0 saturated carbocycles. The van der Waals surface area contributed by atoms with Gasteiger partial charge in [0.05, 0.1) is 27.0 Å². The van der Waals surface area contributed by atoms with Gasteiger partial charge in [-0.25, -0.2) is 0 Å². The number of hydrogen-bond acceptors (Lipinski definition) is 5. The monoisotopic (exact) mass is 397 g/mol. The molecule has 0 fully saturated rings. The van der Waals surface area contributed by atoms with E-state index in [1.165, 1.54) is 0 Å². The molecule has 2 heterocycles. The van der Waals surface area contributed by atoms with Crippen LogP contribution < -0.4 is 19.5 Å². The van der Waals surface area contributed by atoms with E-state index in [1.54, 1.807) is 21.3 Å².